The number of aryl methyl sites for hydroxylation is 1. The fraction of sp³-hybridized carbons (Fsp3) is 0.343. The van der Waals surface area contributed by atoms with Crippen LogP contribution in [0.3, 0.4) is 0 Å². The Kier molecular flexibility index (Phi) is 11.6. The molecule has 1 amide bonds. The minimum atomic E-state index is -0.429. The number of H-pyrrole nitrogens is 1. The zero-order valence-electron chi connectivity index (χ0n) is 26.9. The molecule has 0 spiro atoms. The summed E-state index contributed by atoms with van der Waals surface area (Å²) in [6.07, 6.45) is 5.86. The summed E-state index contributed by atoms with van der Waals surface area (Å²) in [6, 6.07) is 15.0. The molecule has 4 aromatic rings. The molecule has 0 saturated carbocycles. The van der Waals surface area contributed by atoms with Crippen LogP contribution in [0.1, 0.15) is 55.4 Å². The van der Waals surface area contributed by atoms with E-state index in [9.17, 15) is 14.4 Å². The first-order chi connectivity index (χ1) is 22.3. The maximum atomic E-state index is 12.2. The third-order valence-corrected chi connectivity index (χ3v) is 8.16. The van der Waals surface area contributed by atoms with Crippen LogP contribution in [0.2, 0.25) is 0 Å². The van der Waals surface area contributed by atoms with Crippen molar-refractivity contribution in [3.05, 3.63) is 88.1 Å². The molecule has 0 fully saturated rings. The summed E-state index contributed by atoms with van der Waals surface area (Å²) in [5.41, 5.74) is 11.6. The number of rotatable bonds is 11. The first kappa shape index (κ1) is 33.9. The predicted molar refractivity (Wildman–Crippen MR) is 174 cm³/mol. The van der Waals surface area contributed by atoms with Gasteiger partial charge in [-0.15, -0.1) is 0 Å². The third-order valence-electron chi connectivity index (χ3n) is 8.16. The summed E-state index contributed by atoms with van der Waals surface area (Å²) in [5.74, 6) is 0.959. The SMILES string of the molecule is COC(=O)c1cc(CCN)ccc1OC.COC(=O)c1cc2c(cc1OC)[C@H](CCc1c[nH]c3ccc(OC)cc13)N(C=O)CC2. The van der Waals surface area contributed by atoms with Crippen molar-refractivity contribution in [2.24, 2.45) is 5.73 Å². The van der Waals surface area contributed by atoms with Crippen LogP contribution in [0.15, 0.2) is 54.7 Å². The average Bonchev–Trinajstić information content (AvgIpc) is 3.51. The van der Waals surface area contributed by atoms with E-state index in [4.69, 9.17) is 24.7 Å². The van der Waals surface area contributed by atoms with E-state index in [1.807, 2.05) is 47.5 Å². The Hall–Kier alpha value is -5.03. The molecule has 3 aromatic carbocycles. The van der Waals surface area contributed by atoms with E-state index in [0.29, 0.717) is 42.1 Å². The topological polar surface area (TPSA) is 142 Å². The fourth-order valence-corrected chi connectivity index (χ4v) is 5.77. The van der Waals surface area contributed by atoms with E-state index < -0.39 is 11.9 Å². The highest BCUT2D eigenvalue weighted by atomic mass is 16.5. The van der Waals surface area contributed by atoms with Crippen molar-refractivity contribution in [1.29, 1.82) is 0 Å². The molecule has 2 heterocycles. The molecule has 46 heavy (non-hydrogen) atoms. The monoisotopic (exact) mass is 631 g/mol. The molecule has 1 aromatic heterocycles. The van der Waals surface area contributed by atoms with E-state index in [1.165, 1.54) is 34.0 Å². The quantitative estimate of drug-likeness (QED) is 0.179. The van der Waals surface area contributed by atoms with Gasteiger partial charge in [0.25, 0.3) is 0 Å². The lowest BCUT2D eigenvalue weighted by Crippen LogP contribution is -2.35. The zero-order valence-corrected chi connectivity index (χ0v) is 26.9. The summed E-state index contributed by atoms with van der Waals surface area (Å²) in [5, 5.41) is 1.12. The number of nitrogens with two attached hydrogens (primary N) is 1. The smallest absolute Gasteiger partial charge is 0.341 e. The Morgan fingerprint density at radius 1 is 0.891 bits per heavy atom. The summed E-state index contributed by atoms with van der Waals surface area (Å²) in [4.78, 5) is 40.5. The third kappa shape index (κ3) is 7.43. The Morgan fingerprint density at radius 2 is 1.61 bits per heavy atom. The van der Waals surface area contributed by atoms with Crippen molar-refractivity contribution >= 4 is 29.3 Å². The molecule has 0 saturated heterocycles. The van der Waals surface area contributed by atoms with Crippen LogP contribution < -0.4 is 19.9 Å². The molecule has 0 aliphatic carbocycles. The van der Waals surface area contributed by atoms with Crippen LogP contribution in [0, 0.1) is 0 Å². The second kappa shape index (κ2) is 15.8. The summed E-state index contributed by atoms with van der Waals surface area (Å²) in [6.45, 7) is 1.16. The van der Waals surface area contributed by atoms with Gasteiger partial charge >= 0.3 is 11.9 Å². The first-order valence-electron chi connectivity index (χ1n) is 14.9. The van der Waals surface area contributed by atoms with Gasteiger partial charge in [-0.25, -0.2) is 9.59 Å². The molecule has 244 valence electrons. The standard InChI is InChI=1S/C24H26N2O5.C11H15NO3/c1-29-17-5-6-21-18(11-17)16(13-25-21)4-7-22-19-12-23(30-2)20(24(28)31-3)10-15(19)8-9-26(22)14-27;1-14-10-4-3-8(5-6-12)7-9(10)11(13)15-2/h5-6,10-14,22,25H,4,7-9H2,1-3H3;3-4,7H,5-6,12H2,1-2H3/t22-;/m0./s1. The Morgan fingerprint density at radius 3 is 2.24 bits per heavy atom. The zero-order chi connectivity index (χ0) is 33.2. The van der Waals surface area contributed by atoms with Crippen molar-refractivity contribution in [3.8, 4) is 17.2 Å². The highest BCUT2D eigenvalue weighted by Gasteiger charge is 2.29. The van der Waals surface area contributed by atoms with Crippen LogP contribution in [-0.2, 0) is 33.5 Å². The molecule has 5 rings (SSSR count). The summed E-state index contributed by atoms with van der Waals surface area (Å²) < 4.78 is 25.5. The molecular formula is C35H41N3O8. The molecule has 1 atom stereocenters. The van der Waals surface area contributed by atoms with Crippen LogP contribution >= 0.6 is 0 Å². The Labute approximate surface area is 268 Å². The van der Waals surface area contributed by atoms with Gasteiger partial charge in [0.15, 0.2) is 0 Å². The van der Waals surface area contributed by atoms with Gasteiger partial charge in [-0.1, -0.05) is 6.07 Å². The number of fused-ring (bicyclic) bond motifs is 2. The highest BCUT2D eigenvalue weighted by Crippen LogP contribution is 2.37. The minimum absolute atomic E-state index is 0.0996. The molecule has 3 N–H and O–H groups in total. The molecular weight excluding hydrogens is 590 g/mol. The van der Waals surface area contributed by atoms with Gasteiger partial charge in [0.1, 0.15) is 28.4 Å². The van der Waals surface area contributed by atoms with Crippen molar-refractivity contribution in [2.45, 2.75) is 31.7 Å². The molecule has 11 heteroatoms. The van der Waals surface area contributed by atoms with Gasteiger partial charge in [0.2, 0.25) is 6.41 Å². The van der Waals surface area contributed by atoms with Crippen molar-refractivity contribution in [1.82, 2.24) is 9.88 Å². The molecule has 0 unspecified atom stereocenters. The van der Waals surface area contributed by atoms with Crippen LogP contribution in [0.4, 0.5) is 0 Å². The number of hydrogen-bond donors (Lipinski definition) is 2. The van der Waals surface area contributed by atoms with Crippen molar-refractivity contribution in [3.63, 3.8) is 0 Å². The molecule has 0 radical (unpaired) electrons. The number of ether oxygens (including phenoxy) is 5. The molecule has 11 nitrogen and oxygen atoms in total. The van der Waals surface area contributed by atoms with Crippen molar-refractivity contribution < 1.29 is 38.1 Å². The van der Waals surface area contributed by atoms with Crippen LogP contribution in [0.5, 0.6) is 17.2 Å². The number of hydrogen-bond acceptors (Lipinski definition) is 9. The molecule has 1 aliphatic rings. The molecule has 1 aliphatic heterocycles. The lowest BCUT2D eigenvalue weighted by Gasteiger charge is -2.35. The van der Waals surface area contributed by atoms with Gasteiger partial charge in [-0.05, 0) is 96.9 Å². The predicted octanol–water partition coefficient (Wildman–Crippen LogP) is 4.64. The number of carbonyl (C=O) groups is 3. The number of aromatic nitrogens is 1. The van der Waals surface area contributed by atoms with E-state index in [1.54, 1.807) is 19.2 Å². The van der Waals surface area contributed by atoms with Crippen LogP contribution in [0.25, 0.3) is 10.9 Å². The number of nitrogens with zero attached hydrogens (tertiary/aromatic N) is 1. The van der Waals surface area contributed by atoms with E-state index in [-0.39, 0.29) is 6.04 Å². The lowest BCUT2D eigenvalue weighted by molar-refractivity contribution is -0.120. The number of amides is 1. The number of aromatic amines is 1. The van der Waals surface area contributed by atoms with Gasteiger partial charge < -0.3 is 39.3 Å². The van der Waals surface area contributed by atoms with Gasteiger partial charge in [0, 0.05) is 23.6 Å². The fourth-order valence-electron chi connectivity index (χ4n) is 5.77. The number of benzene rings is 3. The van der Waals surface area contributed by atoms with Gasteiger partial charge in [-0.2, -0.15) is 0 Å². The van der Waals surface area contributed by atoms with E-state index in [2.05, 4.69) is 9.72 Å². The number of methoxy groups -OCH3 is 5. The number of carbonyl (C=O) groups excluding carboxylic acids is 3. The summed E-state index contributed by atoms with van der Waals surface area (Å²) >= 11 is 0. The van der Waals surface area contributed by atoms with Crippen LogP contribution in [-0.4, -0.2) is 76.9 Å². The summed E-state index contributed by atoms with van der Waals surface area (Å²) in [7, 11) is 7.41. The maximum absolute atomic E-state index is 12.2. The van der Waals surface area contributed by atoms with Gasteiger partial charge in [0.05, 0.1) is 41.6 Å². The van der Waals surface area contributed by atoms with E-state index >= 15 is 0 Å². The highest BCUT2D eigenvalue weighted by molar-refractivity contribution is 5.93. The Bertz CT molecular complexity index is 1680. The van der Waals surface area contributed by atoms with Gasteiger partial charge in [-0.3, -0.25) is 4.79 Å². The normalized spacial score (nSPS) is 13.6. The van der Waals surface area contributed by atoms with E-state index in [0.717, 1.165) is 59.0 Å². The minimum Gasteiger partial charge on any atom is -0.497 e. The first-order valence-corrected chi connectivity index (χ1v) is 14.9. The molecule has 0 bridgehead atoms. The number of nitrogens with one attached hydrogen (secondary N) is 1. The second-order valence-electron chi connectivity index (χ2n) is 10.7. The largest absolute Gasteiger partial charge is 0.497 e. The average molecular weight is 632 g/mol. The lowest BCUT2D eigenvalue weighted by atomic mass is 9.87. The second-order valence-corrected chi connectivity index (χ2v) is 10.7. The number of esters is 2. The van der Waals surface area contributed by atoms with Crippen molar-refractivity contribution in [2.75, 3.05) is 48.6 Å². The maximum Gasteiger partial charge on any atom is 0.341 e. The Balaban J connectivity index is 0.000000270.